The van der Waals surface area contributed by atoms with Crippen molar-refractivity contribution in [1.29, 1.82) is 0 Å². The first-order chi connectivity index (χ1) is 16.8. The number of aromatic nitrogens is 2. The van der Waals surface area contributed by atoms with Gasteiger partial charge >= 0.3 is 0 Å². The number of carbonyl (C=O) groups is 2. The third-order valence-electron chi connectivity index (χ3n) is 6.13. The monoisotopic (exact) mass is 485 g/mol. The van der Waals surface area contributed by atoms with Gasteiger partial charge in [0.25, 0.3) is 5.91 Å². The highest BCUT2D eigenvalue weighted by molar-refractivity contribution is 5.99. The van der Waals surface area contributed by atoms with Crippen LogP contribution in [0, 0.1) is 5.92 Å². The Labute approximate surface area is 206 Å². The summed E-state index contributed by atoms with van der Waals surface area (Å²) in [6.45, 7) is 6.34. The van der Waals surface area contributed by atoms with Crippen molar-refractivity contribution in [3.8, 4) is 5.75 Å². The number of methoxy groups -OCH3 is 2. The second-order valence-electron chi connectivity index (χ2n) is 8.97. The largest absolute Gasteiger partial charge is 0.491 e. The molecule has 1 aliphatic heterocycles. The zero-order valence-corrected chi connectivity index (χ0v) is 21.1. The molecule has 3 atom stereocenters. The zero-order chi connectivity index (χ0) is 25.4. The first-order valence-corrected chi connectivity index (χ1v) is 11.6. The van der Waals surface area contributed by atoms with E-state index in [1.54, 1.807) is 37.3 Å². The van der Waals surface area contributed by atoms with Gasteiger partial charge in [-0.15, -0.1) is 0 Å². The molecule has 35 heavy (non-hydrogen) atoms. The molecule has 1 aromatic carbocycles. The van der Waals surface area contributed by atoms with E-state index in [4.69, 9.17) is 14.2 Å². The quantitative estimate of drug-likeness (QED) is 0.663. The maximum atomic E-state index is 13.4. The van der Waals surface area contributed by atoms with Gasteiger partial charge in [-0.3, -0.25) is 14.5 Å². The molecule has 10 heteroatoms. The molecule has 0 unspecified atom stereocenters. The van der Waals surface area contributed by atoms with E-state index in [1.165, 1.54) is 13.4 Å². The number of hydrogen-bond acceptors (Lipinski definition) is 8. The van der Waals surface area contributed by atoms with Crippen LogP contribution in [-0.4, -0.2) is 91.3 Å². The van der Waals surface area contributed by atoms with E-state index in [-0.39, 0.29) is 36.5 Å². The van der Waals surface area contributed by atoms with Gasteiger partial charge in [0.2, 0.25) is 5.91 Å². The standard InChI is InChI=1S/C25H35N5O5/c1-17-11-30(12-19-9-26-16-27-10-19)18(2)14-35-22-7-6-20(28-24(31)15-33-4)8-21(22)25(32)29(3)13-23(17)34-5/h6-10,16-18,23H,11-15H2,1-5H3,(H,28,31)/t17-,18+,23-/m0/s1. The van der Waals surface area contributed by atoms with Crippen molar-refractivity contribution >= 4 is 17.5 Å². The van der Waals surface area contributed by atoms with Gasteiger partial charge in [-0.2, -0.15) is 0 Å². The number of benzene rings is 1. The van der Waals surface area contributed by atoms with Crippen LogP contribution < -0.4 is 10.1 Å². The molecule has 3 rings (SSSR count). The van der Waals surface area contributed by atoms with Crippen molar-refractivity contribution in [2.75, 3.05) is 52.9 Å². The molecule has 190 valence electrons. The Morgan fingerprint density at radius 3 is 2.63 bits per heavy atom. The predicted molar refractivity (Wildman–Crippen MR) is 131 cm³/mol. The summed E-state index contributed by atoms with van der Waals surface area (Å²) in [5.41, 5.74) is 1.89. The van der Waals surface area contributed by atoms with Gasteiger partial charge in [0.15, 0.2) is 0 Å². The molecule has 0 saturated heterocycles. The van der Waals surface area contributed by atoms with Crippen LogP contribution in [0.15, 0.2) is 36.9 Å². The molecule has 1 aromatic heterocycles. The number of rotatable bonds is 6. The van der Waals surface area contributed by atoms with Crippen molar-refractivity contribution in [2.45, 2.75) is 32.5 Å². The number of carbonyl (C=O) groups excluding carboxylic acids is 2. The van der Waals surface area contributed by atoms with Crippen LogP contribution in [0.2, 0.25) is 0 Å². The summed E-state index contributed by atoms with van der Waals surface area (Å²) < 4.78 is 16.8. The highest BCUT2D eigenvalue weighted by Gasteiger charge is 2.28. The van der Waals surface area contributed by atoms with E-state index >= 15 is 0 Å². The van der Waals surface area contributed by atoms with Gasteiger partial charge in [-0.25, -0.2) is 9.97 Å². The summed E-state index contributed by atoms with van der Waals surface area (Å²) in [5, 5.41) is 2.75. The summed E-state index contributed by atoms with van der Waals surface area (Å²) in [7, 11) is 4.87. The molecule has 0 saturated carbocycles. The molecular formula is C25H35N5O5. The zero-order valence-electron chi connectivity index (χ0n) is 21.1. The number of amides is 2. The summed E-state index contributed by atoms with van der Waals surface area (Å²) >= 11 is 0. The second-order valence-corrected chi connectivity index (χ2v) is 8.97. The van der Waals surface area contributed by atoms with Crippen LogP contribution in [0.1, 0.15) is 29.8 Å². The highest BCUT2D eigenvalue weighted by Crippen LogP contribution is 2.26. The molecule has 2 amide bonds. The van der Waals surface area contributed by atoms with E-state index in [9.17, 15) is 9.59 Å². The van der Waals surface area contributed by atoms with Crippen molar-refractivity contribution in [1.82, 2.24) is 19.8 Å². The molecule has 1 N–H and O–H groups in total. The van der Waals surface area contributed by atoms with Gasteiger partial charge in [0, 0.05) is 70.6 Å². The Morgan fingerprint density at radius 2 is 1.94 bits per heavy atom. The fraction of sp³-hybridized carbons (Fsp3) is 0.520. The second kappa shape index (κ2) is 12.6. The third kappa shape index (κ3) is 7.20. The smallest absolute Gasteiger partial charge is 0.257 e. The lowest BCUT2D eigenvalue weighted by molar-refractivity contribution is -0.119. The normalized spacial score (nSPS) is 21.9. The summed E-state index contributed by atoms with van der Waals surface area (Å²) in [4.78, 5) is 37.6. The molecule has 0 fully saturated rings. The van der Waals surface area contributed by atoms with E-state index < -0.39 is 0 Å². The minimum Gasteiger partial charge on any atom is -0.491 e. The van der Waals surface area contributed by atoms with Gasteiger partial charge in [-0.1, -0.05) is 6.92 Å². The number of hydrogen-bond donors (Lipinski definition) is 1. The molecule has 2 heterocycles. The fourth-order valence-electron chi connectivity index (χ4n) is 4.12. The molecular weight excluding hydrogens is 450 g/mol. The summed E-state index contributed by atoms with van der Waals surface area (Å²) in [6, 6.07) is 5.11. The number of nitrogens with one attached hydrogen (secondary N) is 1. The summed E-state index contributed by atoms with van der Waals surface area (Å²) in [6.07, 6.45) is 4.98. The molecule has 10 nitrogen and oxygen atoms in total. The van der Waals surface area contributed by atoms with Crippen molar-refractivity contribution in [2.24, 2.45) is 5.92 Å². The predicted octanol–water partition coefficient (Wildman–Crippen LogP) is 2.07. The molecule has 0 radical (unpaired) electrons. The van der Waals surface area contributed by atoms with Gasteiger partial charge in [0.05, 0.1) is 11.7 Å². The Balaban J connectivity index is 1.92. The van der Waals surface area contributed by atoms with Crippen LogP contribution in [-0.2, 0) is 20.8 Å². The number of likely N-dealkylation sites (N-methyl/N-ethyl adjacent to an activating group) is 1. The maximum Gasteiger partial charge on any atom is 0.257 e. The fourth-order valence-corrected chi connectivity index (χ4v) is 4.12. The van der Waals surface area contributed by atoms with Crippen LogP contribution in [0.5, 0.6) is 5.75 Å². The first-order valence-electron chi connectivity index (χ1n) is 11.6. The minimum absolute atomic E-state index is 0.0383. The lowest BCUT2D eigenvalue weighted by Crippen LogP contribution is -2.46. The average molecular weight is 486 g/mol. The molecule has 1 aliphatic rings. The number of nitrogens with zero attached hydrogens (tertiary/aromatic N) is 4. The van der Waals surface area contributed by atoms with Gasteiger partial charge in [0.1, 0.15) is 25.3 Å². The van der Waals surface area contributed by atoms with Gasteiger partial charge in [-0.05, 0) is 31.0 Å². The molecule has 0 bridgehead atoms. The first kappa shape index (κ1) is 26.5. The number of anilines is 1. The third-order valence-corrected chi connectivity index (χ3v) is 6.13. The molecule has 0 spiro atoms. The SMILES string of the molecule is COCC(=O)Nc1ccc2c(c1)C(=O)N(C)C[C@H](OC)[C@@H](C)CN(Cc1cncnc1)[C@H](C)CO2. The lowest BCUT2D eigenvalue weighted by Gasteiger charge is -2.36. The van der Waals surface area contributed by atoms with Gasteiger partial charge < -0.3 is 24.4 Å². The van der Waals surface area contributed by atoms with Crippen LogP contribution >= 0.6 is 0 Å². The van der Waals surface area contributed by atoms with Crippen LogP contribution in [0.25, 0.3) is 0 Å². The minimum atomic E-state index is -0.301. The Bertz CT molecular complexity index is 989. The Hall–Kier alpha value is -3.08. The van der Waals surface area contributed by atoms with E-state index in [1.807, 2.05) is 12.4 Å². The molecule has 2 aromatic rings. The highest BCUT2D eigenvalue weighted by atomic mass is 16.5. The van der Waals surface area contributed by atoms with Crippen LogP contribution in [0.3, 0.4) is 0 Å². The average Bonchev–Trinajstić information content (AvgIpc) is 2.85. The topological polar surface area (TPSA) is 106 Å². The number of ether oxygens (including phenoxy) is 3. The molecule has 0 aliphatic carbocycles. The van der Waals surface area contributed by atoms with Crippen LogP contribution in [0.4, 0.5) is 5.69 Å². The van der Waals surface area contributed by atoms with E-state index in [0.717, 1.165) is 12.1 Å². The number of fused-ring (bicyclic) bond motifs is 1. The van der Waals surface area contributed by atoms with E-state index in [0.29, 0.717) is 36.7 Å². The van der Waals surface area contributed by atoms with Crippen molar-refractivity contribution < 1.29 is 23.8 Å². The maximum absolute atomic E-state index is 13.4. The van der Waals surface area contributed by atoms with E-state index in [2.05, 4.69) is 34.0 Å². The summed E-state index contributed by atoms with van der Waals surface area (Å²) in [5.74, 6) is 0.0956. The van der Waals surface area contributed by atoms with Crippen molar-refractivity contribution in [3.05, 3.63) is 48.0 Å². The Morgan fingerprint density at radius 1 is 1.20 bits per heavy atom. The van der Waals surface area contributed by atoms with Crippen molar-refractivity contribution in [3.63, 3.8) is 0 Å². The Kier molecular flexibility index (Phi) is 9.53. The lowest BCUT2D eigenvalue weighted by atomic mass is 10.0.